The molecule has 1 amide bonds. The molecule has 1 aromatic carbocycles. The zero-order valence-corrected chi connectivity index (χ0v) is 14.7. The number of sulfonamides is 1. The van der Waals surface area contributed by atoms with Crippen LogP contribution in [0.5, 0.6) is 0 Å². The summed E-state index contributed by atoms with van der Waals surface area (Å²) in [4.78, 5) is 13.7. The van der Waals surface area contributed by atoms with Gasteiger partial charge >= 0.3 is 0 Å². The lowest BCUT2D eigenvalue weighted by Crippen LogP contribution is -2.46. The first-order valence-electron chi connectivity index (χ1n) is 8.23. The zero-order valence-electron chi connectivity index (χ0n) is 13.9. The minimum atomic E-state index is -3.35. The van der Waals surface area contributed by atoms with E-state index < -0.39 is 10.0 Å². The van der Waals surface area contributed by atoms with Crippen molar-refractivity contribution in [2.45, 2.75) is 51.3 Å². The Bertz CT molecular complexity index is 618. The second-order valence-electron chi connectivity index (χ2n) is 6.27. The smallest absolute Gasteiger partial charge is 0.222 e. The molecule has 0 atom stereocenters. The lowest BCUT2D eigenvalue weighted by Gasteiger charge is -2.32. The number of carbonyl (C=O) groups is 1. The Morgan fingerprint density at radius 1 is 1.22 bits per heavy atom. The van der Waals surface area contributed by atoms with Gasteiger partial charge in [0.2, 0.25) is 15.9 Å². The highest BCUT2D eigenvalue weighted by atomic mass is 32.2. The Balaban J connectivity index is 1.85. The number of aryl methyl sites for hydroxylation is 1. The van der Waals surface area contributed by atoms with Gasteiger partial charge in [-0.25, -0.2) is 13.1 Å². The third kappa shape index (κ3) is 5.62. The van der Waals surface area contributed by atoms with E-state index in [0.717, 1.165) is 17.5 Å². The van der Waals surface area contributed by atoms with Gasteiger partial charge in [-0.05, 0) is 31.7 Å². The molecule has 0 radical (unpaired) electrons. The zero-order chi connectivity index (χ0) is 16.9. The number of amides is 1. The highest BCUT2D eigenvalue weighted by Gasteiger charge is 2.25. The fraction of sp³-hybridized carbons (Fsp3) is 0.588. The van der Waals surface area contributed by atoms with Gasteiger partial charge in [-0.15, -0.1) is 0 Å². The first-order chi connectivity index (χ1) is 10.9. The normalized spacial score (nSPS) is 16.5. The quantitative estimate of drug-likeness (QED) is 0.865. The molecule has 1 saturated heterocycles. The summed E-state index contributed by atoms with van der Waals surface area (Å²) in [5.74, 6) is 0.177. The number of rotatable bonds is 6. The maximum atomic E-state index is 12.3. The molecule has 1 aliphatic heterocycles. The van der Waals surface area contributed by atoms with Crippen LogP contribution in [0.3, 0.4) is 0 Å². The summed E-state index contributed by atoms with van der Waals surface area (Å²) in [6.07, 6.45) is 2.79. The van der Waals surface area contributed by atoms with E-state index in [2.05, 4.69) is 4.72 Å². The summed E-state index contributed by atoms with van der Waals surface area (Å²) < 4.78 is 27.3. The van der Waals surface area contributed by atoms with Crippen LogP contribution in [-0.4, -0.2) is 38.4 Å². The van der Waals surface area contributed by atoms with Gasteiger partial charge in [-0.2, -0.15) is 0 Å². The first kappa shape index (κ1) is 17.9. The van der Waals surface area contributed by atoms with E-state index in [9.17, 15) is 13.2 Å². The van der Waals surface area contributed by atoms with E-state index >= 15 is 0 Å². The van der Waals surface area contributed by atoms with Crippen LogP contribution >= 0.6 is 0 Å². The third-order valence-corrected chi connectivity index (χ3v) is 5.54. The maximum Gasteiger partial charge on any atom is 0.222 e. The van der Waals surface area contributed by atoms with Crippen molar-refractivity contribution in [3.63, 3.8) is 0 Å². The highest BCUT2D eigenvalue weighted by molar-refractivity contribution is 7.88. The molecule has 0 bridgehead atoms. The van der Waals surface area contributed by atoms with Crippen molar-refractivity contribution in [3.8, 4) is 0 Å². The van der Waals surface area contributed by atoms with Gasteiger partial charge in [0, 0.05) is 25.6 Å². The molecule has 0 saturated carbocycles. The number of carbonyl (C=O) groups excluding carboxylic acids is 1. The van der Waals surface area contributed by atoms with Gasteiger partial charge in [0.1, 0.15) is 0 Å². The molecule has 1 aromatic rings. The number of hydrogen-bond donors (Lipinski definition) is 1. The Labute approximate surface area is 139 Å². The van der Waals surface area contributed by atoms with Crippen LogP contribution < -0.4 is 4.72 Å². The van der Waals surface area contributed by atoms with Crippen LogP contribution in [0.15, 0.2) is 24.3 Å². The molecule has 1 aliphatic rings. The molecule has 1 N–H and O–H groups in total. The predicted octanol–water partition coefficient (Wildman–Crippen LogP) is 2.21. The monoisotopic (exact) mass is 338 g/mol. The number of likely N-dealkylation sites (tertiary alicyclic amines) is 1. The van der Waals surface area contributed by atoms with E-state index in [1.165, 1.54) is 0 Å². The van der Waals surface area contributed by atoms with Gasteiger partial charge in [0.25, 0.3) is 0 Å². The number of benzene rings is 1. The lowest BCUT2D eigenvalue weighted by molar-refractivity contribution is -0.132. The fourth-order valence-corrected chi connectivity index (χ4v) is 4.28. The fourth-order valence-electron chi connectivity index (χ4n) is 2.82. The number of nitrogens with zero attached hydrogens (tertiary/aromatic N) is 1. The van der Waals surface area contributed by atoms with Crippen molar-refractivity contribution < 1.29 is 13.2 Å². The van der Waals surface area contributed by atoms with Gasteiger partial charge in [-0.1, -0.05) is 36.8 Å². The van der Waals surface area contributed by atoms with Crippen LogP contribution in [0.4, 0.5) is 0 Å². The molecular formula is C17H26N2O3S. The van der Waals surface area contributed by atoms with E-state index in [4.69, 9.17) is 0 Å². The summed E-state index contributed by atoms with van der Waals surface area (Å²) in [7, 11) is -3.35. The molecule has 1 fully saturated rings. The van der Waals surface area contributed by atoms with E-state index in [-0.39, 0.29) is 17.7 Å². The van der Waals surface area contributed by atoms with Gasteiger partial charge in [0.05, 0.1) is 5.75 Å². The molecule has 0 aliphatic carbocycles. The first-order valence-corrected chi connectivity index (χ1v) is 9.88. The number of piperidine rings is 1. The van der Waals surface area contributed by atoms with Crippen LogP contribution in [0.2, 0.25) is 0 Å². The lowest BCUT2D eigenvalue weighted by atomic mass is 10.1. The van der Waals surface area contributed by atoms with E-state index in [1.54, 1.807) is 0 Å². The van der Waals surface area contributed by atoms with E-state index in [1.807, 2.05) is 43.0 Å². The minimum Gasteiger partial charge on any atom is -0.343 e. The molecule has 0 aromatic heterocycles. The molecule has 1 heterocycles. The van der Waals surface area contributed by atoms with Gasteiger partial charge in [-0.3, -0.25) is 4.79 Å². The number of hydrogen-bond acceptors (Lipinski definition) is 3. The van der Waals surface area contributed by atoms with Crippen LogP contribution in [0, 0.1) is 6.92 Å². The van der Waals surface area contributed by atoms with Crippen molar-refractivity contribution in [2.24, 2.45) is 0 Å². The standard InChI is InChI=1S/C17H26N2O3S/c1-3-4-17(20)19-11-9-16(10-12-19)18-23(21,22)13-15-7-5-14(2)6-8-15/h5-8,16,18H,3-4,9-13H2,1-2H3. The Kier molecular flexibility index (Phi) is 6.18. The van der Waals surface area contributed by atoms with Crippen LogP contribution in [0.25, 0.3) is 0 Å². The van der Waals surface area contributed by atoms with E-state index in [0.29, 0.717) is 32.4 Å². The van der Waals surface area contributed by atoms with Crippen molar-refractivity contribution in [2.75, 3.05) is 13.1 Å². The molecule has 5 nitrogen and oxygen atoms in total. The molecule has 6 heteroatoms. The molecule has 128 valence electrons. The Morgan fingerprint density at radius 2 is 1.83 bits per heavy atom. The number of nitrogens with one attached hydrogen (secondary N) is 1. The molecule has 0 unspecified atom stereocenters. The third-order valence-electron chi connectivity index (χ3n) is 4.14. The second-order valence-corrected chi connectivity index (χ2v) is 8.02. The average Bonchev–Trinajstić information content (AvgIpc) is 2.50. The highest BCUT2D eigenvalue weighted by Crippen LogP contribution is 2.14. The topological polar surface area (TPSA) is 66.5 Å². The molecular weight excluding hydrogens is 312 g/mol. The molecule has 0 spiro atoms. The molecule has 2 rings (SSSR count). The van der Waals surface area contributed by atoms with Crippen LogP contribution in [-0.2, 0) is 20.6 Å². The maximum absolute atomic E-state index is 12.3. The second kappa shape index (κ2) is 7.93. The summed E-state index contributed by atoms with van der Waals surface area (Å²) in [5.41, 5.74) is 1.90. The Hall–Kier alpha value is -1.40. The predicted molar refractivity (Wildman–Crippen MR) is 91.4 cm³/mol. The average molecular weight is 338 g/mol. The van der Waals surface area contributed by atoms with Crippen molar-refractivity contribution >= 4 is 15.9 Å². The summed E-state index contributed by atoms with van der Waals surface area (Å²) >= 11 is 0. The minimum absolute atomic E-state index is 0.00224. The van der Waals surface area contributed by atoms with Crippen molar-refractivity contribution in [3.05, 3.63) is 35.4 Å². The Morgan fingerprint density at radius 3 is 2.39 bits per heavy atom. The summed E-state index contributed by atoms with van der Waals surface area (Å²) in [6, 6.07) is 7.46. The molecule has 23 heavy (non-hydrogen) atoms. The summed E-state index contributed by atoms with van der Waals surface area (Å²) in [5, 5.41) is 0. The van der Waals surface area contributed by atoms with Crippen LogP contribution in [0.1, 0.15) is 43.7 Å². The summed E-state index contributed by atoms with van der Waals surface area (Å²) in [6.45, 7) is 5.24. The largest absolute Gasteiger partial charge is 0.343 e. The van der Waals surface area contributed by atoms with Gasteiger partial charge in [0.15, 0.2) is 0 Å². The van der Waals surface area contributed by atoms with Crippen molar-refractivity contribution in [1.82, 2.24) is 9.62 Å². The van der Waals surface area contributed by atoms with Gasteiger partial charge < -0.3 is 4.90 Å². The SMILES string of the molecule is CCCC(=O)N1CCC(NS(=O)(=O)Cc2ccc(C)cc2)CC1. The van der Waals surface area contributed by atoms with Crippen molar-refractivity contribution in [1.29, 1.82) is 0 Å².